The molecule has 0 aliphatic heterocycles. The molecule has 69 heavy (non-hydrogen) atoms. The number of primary amides is 1. The standard InChI is InChI=1S/C43H79N13O13/c1-8-13-26(51-37(64)28(16-17-32(60)61)53-41(68)33(45)25(7)58)38(65)56-34(23(4)5)42(69)50-24(6)35(62)54-29(20-22(2)3)39(66)55-30(21-57)40(67)52-27(14-12-19-49-43(46)47)36(63)48-18-11-9-10-15-31(44)59/h22-30,33-34,57-58H,8-21,45H2,1-7H3,(H2,44,59)(H,48,63)(H,50,69)(H,51,64)(H,52,67)(H,53,68)(H,54,62)(H,55,66)(H,56,65)(H,60,61)(H4,46,47,49)/t24-,25-,26-,27-,28-,29-,30-,33-,34-/m0/s1. The molecule has 0 aromatic carbocycles. The van der Waals surface area contributed by atoms with Crippen molar-refractivity contribution in [3.05, 3.63) is 0 Å². The van der Waals surface area contributed by atoms with Crippen molar-refractivity contribution in [3.8, 4) is 0 Å². The number of carboxylic acids is 1. The van der Waals surface area contributed by atoms with Crippen molar-refractivity contribution in [2.24, 2.45) is 39.8 Å². The average Bonchev–Trinajstić information content (AvgIpc) is 3.26. The molecule has 0 heterocycles. The summed E-state index contributed by atoms with van der Waals surface area (Å²) in [5.41, 5.74) is 21.6. The summed E-state index contributed by atoms with van der Waals surface area (Å²) < 4.78 is 0. The van der Waals surface area contributed by atoms with Gasteiger partial charge in [0.2, 0.25) is 53.2 Å². The van der Waals surface area contributed by atoms with Crippen LogP contribution in [0.4, 0.5) is 0 Å². The molecule has 19 N–H and O–H groups in total. The number of hydrogen-bond acceptors (Lipinski definition) is 14. The Morgan fingerprint density at radius 1 is 0.565 bits per heavy atom. The van der Waals surface area contributed by atoms with E-state index in [9.17, 15) is 63.3 Å². The Labute approximate surface area is 403 Å². The van der Waals surface area contributed by atoms with E-state index in [1.807, 2.05) is 0 Å². The normalized spacial score (nSPS) is 15.0. The number of unbranched alkanes of at least 4 members (excludes halogenated alkanes) is 2. The maximum atomic E-state index is 13.6. The highest BCUT2D eigenvalue weighted by atomic mass is 16.4. The number of aliphatic hydroxyl groups is 2. The summed E-state index contributed by atoms with van der Waals surface area (Å²) in [6.45, 7) is 10.5. The molecule has 0 saturated carbocycles. The predicted octanol–water partition coefficient (Wildman–Crippen LogP) is -4.32. The minimum atomic E-state index is -1.57. The van der Waals surface area contributed by atoms with E-state index in [0.717, 1.165) is 0 Å². The molecule has 0 aliphatic carbocycles. The van der Waals surface area contributed by atoms with E-state index in [4.69, 9.17) is 22.9 Å². The number of nitrogens with two attached hydrogens (primary N) is 4. The van der Waals surface area contributed by atoms with Crippen LogP contribution in [0.15, 0.2) is 4.99 Å². The van der Waals surface area contributed by atoms with Crippen LogP contribution < -0.4 is 65.5 Å². The number of carbonyl (C=O) groups is 10. The Hall–Kier alpha value is -6.15. The van der Waals surface area contributed by atoms with Crippen LogP contribution in [-0.4, -0.2) is 155 Å². The van der Waals surface area contributed by atoms with Crippen LogP contribution in [0.2, 0.25) is 0 Å². The molecule has 0 radical (unpaired) electrons. The second-order valence-corrected chi connectivity index (χ2v) is 17.6. The molecular weight excluding hydrogens is 907 g/mol. The Bertz CT molecular complexity index is 1740. The predicted molar refractivity (Wildman–Crippen MR) is 253 cm³/mol. The van der Waals surface area contributed by atoms with E-state index in [1.165, 1.54) is 13.8 Å². The molecule has 0 rings (SSSR count). The average molecular weight is 986 g/mol. The van der Waals surface area contributed by atoms with Crippen LogP contribution in [0.5, 0.6) is 0 Å². The highest BCUT2D eigenvalue weighted by Gasteiger charge is 2.35. The zero-order chi connectivity index (χ0) is 53.0. The fourth-order valence-electron chi connectivity index (χ4n) is 6.46. The molecule has 0 saturated heterocycles. The highest BCUT2D eigenvalue weighted by Crippen LogP contribution is 2.10. The summed E-state index contributed by atoms with van der Waals surface area (Å²) in [7, 11) is 0. The first-order valence-corrected chi connectivity index (χ1v) is 23.3. The largest absolute Gasteiger partial charge is 0.481 e. The van der Waals surface area contributed by atoms with Gasteiger partial charge in [-0.05, 0) is 70.6 Å². The number of rotatable bonds is 35. The van der Waals surface area contributed by atoms with Gasteiger partial charge in [0.15, 0.2) is 5.96 Å². The number of carboxylic acid groups (broad SMARTS) is 1. The van der Waals surface area contributed by atoms with E-state index in [2.05, 4.69) is 47.5 Å². The van der Waals surface area contributed by atoms with Crippen LogP contribution in [0.3, 0.4) is 0 Å². The molecule has 26 nitrogen and oxygen atoms in total. The summed E-state index contributed by atoms with van der Waals surface area (Å²) in [5, 5.41) is 49.2. The topological polar surface area (TPSA) is 444 Å². The molecule has 0 unspecified atom stereocenters. The third-order valence-electron chi connectivity index (χ3n) is 10.4. The number of aliphatic imine (C=N–C) groups is 1. The molecule has 0 spiro atoms. The molecule has 0 bridgehead atoms. The lowest BCUT2D eigenvalue weighted by Crippen LogP contribution is -2.61. The van der Waals surface area contributed by atoms with Gasteiger partial charge in [-0.2, -0.15) is 0 Å². The quantitative estimate of drug-likeness (QED) is 0.0162. The second-order valence-electron chi connectivity index (χ2n) is 17.6. The molecule has 9 amide bonds. The van der Waals surface area contributed by atoms with Gasteiger partial charge >= 0.3 is 5.97 Å². The van der Waals surface area contributed by atoms with Gasteiger partial charge in [-0.3, -0.25) is 52.9 Å². The zero-order valence-corrected chi connectivity index (χ0v) is 40.9. The van der Waals surface area contributed by atoms with Crippen molar-refractivity contribution < 1.29 is 63.3 Å². The molecule has 0 aromatic heterocycles. The molecule has 0 fully saturated rings. The van der Waals surface area contributed by atoms with Crippen LogP contribution in [0.25, 0.3) is 0 Å². The van der Waals surface area contributed by atoms with Gasteiger partial charge in [-0.1, -0.05) is 47.5 Å². The van der Waals surface area contributed by atoms with Crippen molar-refractivity contribution in [3.63, 3.8) is 0 Å². The number of hydrogen-bond donors (Lipinski definition) is 15. The van der Waals surface area contributed by atoms with Gasteiger partial charge in [-0.15, -0.1) is 0 Å². The van der Waals surface area contributed by atoms with E-state index in [-0.39, 0.29) is 63.5 Å². The second kappa shape index (κ2) is 33.4. The van der Waals surface area contributed by atoms with Gasteiger partial charge in [0.1, 0.15) is 48.3 Å². The third-order valence-corrected chi connectivity index (χ3v) is 10.4. The minimum absolute atomic E-state index is 0.0523. The molecule has 26 heteroatoms. The molecule has 0 aromatic rings. The van der Waals surface area contributed by atoms with E-state index < -0.39 is 133 Å². The maximum absolute atomic E-state index is 13.6. The lowest BCUT2D eigenvalue weighted by Gasteiger charge is -2.28. The Balaban J connectivity index is 5.99. The summed E-state index contributed by atoms with van der Waals surface area (Å²) in [5.74, 6) is -9.23. The van der Waals surface area contributed by atoms with Crippen molar-refractivity contribution >= 4 is 65.1 Å². The van der Waals surface area contributed by atoms with Gasteiger partial charge in [-0.25, -0.2) is 0 Å². The minimum Gasteiger partial charge on any atom is -0.481 e. The Morgan fingerprint density at radius 2 is 1.09 bits per heavy atom. The van der Waals surface area contributed by atoms with Gasteiger partial charge in [0.05, 0.1) is 12.7 Å². The summed E-state index contributed by atoms with van der Waals surface area (Å²) in [6, 6.07) is -10.7. The zero-order valence-electron chi connectivity index (χ0n) is 40.9. The molecule has 0 aliphatic rings. The number of aliphatic carboxylic acids is 1. The van der Waals surface area contributed by atoms with Crippen LogP contribution >= 0.6 is 0 Å². The lowest BCUT2D eigenvalue weighted by molar-refractivity contribution is -0.139. The fraction of sp³-hybridized carbons (Fsp3) is 0.744. The van der Waals surface area contributed by atoms with Gasteiger partial charge < -0.3 is 80.8 Å². The molecule has 394 valence electrons. The third kappa shape index (κ3) is 26.3. The van der Waals surface area contributed by atoms with Crippen molar-refractivity contribution in [1.29, 1.82) is 0 Å². The summed E-state index contributed by atoms with van der Waals surface area (Å²) in [6.07, 6.45) is 0.500. The Kier molecular flexibility index (Phi) is 30.4. The van der Waals surface area contributed by atoms with Gasteiger partial charge in [0, 0.05) is 25.9 Å². The number of carbonyl (C=O) groups excluding carboxylic acids is 9. The number of nitrogens with one attached hydrogen (secondary N) is 8. The van der Waals surface area contributed by atoms with Crippen molar-refractivity contribution in [2.75, 3.05) is 19.7 Å². The van der Waals surface area contributed by atoms with Crippen LogP contribution in [0.1, 0.15) is 119 Å². The highest BCUT2D eigenvalue weighted by molar-refractivity contribution is 5.98. The first-order valence-electron chi connectivity index (χ1n) is 23.3. The maximum Gasteiger partial charge on any atom is 0.303 e. The smallest absolute Gasteiger partial charge is 0.303 e. The number of guanidine groups is 1. The van der Waals surface area contributed by atoms with Crippen LogP contribution in [-0.2, 0) is 47.9 Å². The van der Waals surface area contributed by atoms with Crippen molar-refractivity contribution in [1.82, 2.24) is 42.5 Å². The lowest BCUT2D eigenvalue weighted by atomic mass is 10.0. The van der Waals surface area contributed by atoms with Crippen molar-refractivity contribution in [2.45, 2.75) is 174 Å². The first kappa shape index (κ1) is 62.8. The van der Waals surface area contributed by atoms with E-state index in [0.29, 0.717) is 25.7 Å². The number of aliphatic hydroxyl groups excluding tert-OH is 2. The number of nitrogens with zero attached hydrogens (tertiary/aromatic N) is 1. The summed E-state index contributed by atoms with van der Waals surface area (Å²) >= 11 is 0. The van der Waals surface area contributed by atoms with Gasteiger partial charge in [0.25, 0.3) is 0 Å². The van der Waals surface area contributed by atoms with Crippen LogP contribution in [0, 0.1) is 11.8 Å². The fourth-order valence-corrected chi connectivity index (χ4v) is 6.46. The number of amides is 9. The summed E-state index contributed by atoms with van der Waals surface area (Å²) in [4.78, 5) is 133. The Morgan fingerprint density at radius 3 is 1.61 bits per heavy atom. The SMILES string of the molecule is CCC[C@H](NC(=O)[C@H](CCC(=O)O)NC(=O)[C@@H](N)[C@H](C)O)C(=O)N[C@H](C(=O)N[C@@H](C)C(=O)N[C@@H](CC(C)C)C(=O)N[C@@H](CO)C(=O)N[C@@H](CCCN=C(N)N)C(=O)NCCCCCC(N)=O)C(C)C. The first-order chi connectivity index (χ1) is 32.2. The monoisotopic (exact) mass is 986 g/mol. The molecule has 9 atom stereocenters. The van der Waals surface area contributed by atoms with E-state index >= 15 is 0 Å². The van der Waals surface area contributed by atoms with E-state index in [1.54, 1.807) is 34.6 Å². The molecular formula is C43H79N13O13.